The standard InChI is InChI=1S/C28H32N8O2/c29-19-23-8-4-5-9-25(23)34-12-10-33(11-13-34)21-24-18-26(37)32-27(31-24)35-14-16-36(17-15-35)28(38)30-20-22-6-2-1-3-7-22/h1-9,18H,10-17,20-21H2,(H,30,38)(H,31,32,37). The van der Waals surface area contributed by atoms with Crippen molar-refractivity contribution in [2.75, 3.05) is 62.2 Å². The minimum Gasteiger partial charge on any atom is -0.368 e. The van der Waals surface area contributed by atoms with Crippen LogP contribution in [0.5, 0.6) is 0 Å². The van der Waals surface area contributed by atoms with Crippen molar-refractivity contribution in [2.45, 2.75) is 13.1 Å². The van der Waals surface area contributed by atoms with Crippen molar-refractivity contribution in [2.24, 2.45) is 0 Å². The molecule has 5 rings (SSSR count). The van der Waals surface area contributed by atoms with E-state index < -0.39 is 0 Å². The number of rotatable bonds is 6. The molecule has 10 heteroatoms. The Labute approximate surface area is 222 Å². The van der Waals surface area contributed by atoms with Gasteiger partial charge in [-0.2, -0.15) is 5.26 Å². The van der Waals surface area contributed by atoms with Gasteiger partial charge in [0.15, 0.2) is 0 Å². The number of para-hydroxylation sites is 1. The summed E-state index contributed by atoms with van der Waals surface area (Å²) in [4.78, 5) is 41.0. The van der Waals surface area contributed by atoms with E-state index in [1.54, 1.807) is 11.0 Å². The van der Waals surface area contributed by atoms with Crippen LogP contribution in [0, 0.1) is 11.3 Å². The highest BCUT2D eigenvalue weighted by atomic mass is 16.2. The summed E-state index contributed by atoms with van der Waals surface area (Å²) in [7, 11) is 0. The van der Waals surface area contributed by atoms with E-state index in [1.165, 1.54) is 0 Å². The summed E-state index contributed by atoms with van der Waals surface area (Å²) < 4.78 is 0. The molecule has 1 aromatic heterocycles. The average Bonchev–Trinajstić information content (AvgIpc) is 2.96. The normalized spacial score (nSPS) is 16.2. The zero-order valence-electron chi connectivity index (χ0n) is 21.3. The highest BCUT2D eigenvalue weighted by Crippen LogP contribution is 2.21. The maximum absolute atomic E-state index is 12.6. The Morgan fingerprint density at radius 2 is 1.61 bits per heavy atom. The molecule has 0 unspecified atom stereocenters. The number of amides is 2. The predicted molar refractivity (Wildman–Crippen MR) is 146 cm³/mol. The van der Waals surface area contributed by atoms with E-state index in [4.69, 9.17) is 4.98 Å². The molecule has 196 valence electrons. The van der Waals surface area contributed by atoms with Gasteiger partial charge in [-0.15, -0.1) is 0 Å². The Morgan fingerprint density at radius 3 is 2.34 bits per heavy atom. The largest absolute Gasteiger partial charge is 0.368 e. The van der Waals surface area contributed by atoms with Gasteiger partial charge in [0.25, 0.3) is 5.56 Å². The average molecular weight is 513 g/mol. The van der Waals surface area contributed by atoms with E-state index >= 15 is 0 Å². The fourth-order valence-electron chi connectivity index (χ4n) is 4.95. The first-order chi connectivity index (χ1) is 18.6. The van der Waals surface area contributed by atoms with Gasteiger partial charge in [0.2, 0.25) is 5.95 Å². The highest BCUT2D eigenvalue weighted by Gasteiger charge is 2.24. The summed E-state index contributed by atoms with van der Waals surface area (Å²) in [5, 5.41) is 12.4. The van der Waals surface area contributed by atoms with Gasteiger partial charge >= 0.3 is 6.03 Å². The van der Waals surface area contributed by atoms with Crippen LogP contribution in [0.25, 0.3) is 0 Å². The number of carbonyl (C=O) groups excluding carboxylic acids is 1. The Hall–Kier alpha value is -4.36. The van der Waals surface area contributed by atoms with Crippen molar-refractivity contribution < 1.29 is 4.79 Å². The lowest BCUT2D eigenvalue weighted by atomic mass is 10.1. The number of carbonyl (C=O) groups is 1. The molecule has 0 spiro atoms. The quantitative estimate of drug-likeness (QED) is 0.520. The van der Waals surface area contributed by atoms with Crippen LogP contribution in [0.2, 0.25) is 0 Å². The van der Waals surface area contributed by atoms with E-state index in [2.05, 4.69) is 26.2 Å². The first-order valence-electron chi connectivity index (χ1n) is 13.0. The minimum atomic E-state index is -0.172. The number of aromatic nitrogens is 2. The molecule has 2 N–H and O–H groups in total. The van der Waals surface area contributed by atoms with Crippen molar-refractivity contribution in [1.82, 2.24) is 25.1 Å². The van der Waals surface area contributed by atoms with Crippen LogP contribution in [-0.2, 0) is 13.1 Å². The molecule has 2 aromatic carbocycles. The molecule has 0 aliphatic carbocycles. The molecule has 38 heavy (non-hydrogen) atoms. The second-order valence-electron chi connectivity index (χ2n) is 9.57. The first kappa shape index (κ1) is 25.3. The van der Waals surface area contributed by atoms with Gasteiger partial charge in [0.1, 0.15) is 6.07 Å². The molecule has 2 saturated heterocycles. The summed E-state index contributed by atoms with van der Waals surface area (Å²) in [6, 6.07) is 21.3. The third-order valence-electron chi connectivity index (χ3n) is 7.06. The lowest BCUT2D eigenvalue weighted by Gasteiger charge is -2.36. The number of benzene rings is 2. The van der Waals surface area contributed by atoms with E-state index in [9.17, 15) is 14.9 Å². The molecule has 3 aromatic rings. The molecule has 0 saturated carbocycles. The number of anilines is 2. The molecule has 2 amide bonds. The lowest BCUT2D eigenvalue weighted by molar-refractivity contribution is 0.193. The van der Waals surface area contributed by atoms with Gasteiger partial charge in [-0.05, 0) is 17.7 Å². The SMILES string of the molecule is N#Cc1ccccc1N1CCN(Cc2cc(=O)[nH]c(N3CCN(C(=O)NCc4ccccc4)CC3)n2)CC1. The topological polar surface area (TPSA) is 112 Å². The van der Waals surface area contributed by atoms with E-state index in [0.29, 0.717) is 50.8 Å². The van der Waals surface area contributed by atoms with Crippen molar-refractivity contribution in [3.63, 3.8) is 0 Å². The van der Waals surface area contributed by atoms with Crippen molar-refractivity contribution in [1.29, 1.82) is 5.26 Å². The smallest absolute Gasteiger partial charge is 0.317 e. The van der Waals surface area contributed by atoms with Crippen LogP contribution >= 0.6 is 0 Å². The molecule has 0 radical (unpaired) electrons. The maximum atomic E-state index is 12.6. The summed E-state index contributed by atoms with van der Waals surface area (Å²) in [5.74, 6) is 0.554. The summed E-state index contributed by atoms with van der Waals surface area (Å²) in [5.41, 5.74) is 3.29. The van der Waals surface area contributed by atoms with Crippen LogP contribution in [0.4, 0.5) is 16.4 Å². The number of nitrogens with zero attached hydrogens (tertiary/aromatic N) is 6. The van der Waals surface area contributed by atoms with Crippen molar-refractivity contribution >= 4 is 17.7 Å². The summed E-state index contributed by atoms with van der Waals surface area (Å²) in [6.45, 7) is 6.65. The van der Waals surface area contributed by atoms with Crippen LogP contribution in [-0.4, -0.2) is 78.2 Å². The number of piperazine rings is 2. The zero-order valence-corrected chi connectivity index (χ0v) is 21.3. The molecule has 2 fully saturated rings. The van der Waals surface area contributed by atoms with E-state index in [-0.39, 0.29) is 11.6 Å². The molecule has 3 heterocycles. The monoisotopic (exact) mass is 512 g/mol. The molecular formula is C28H32N8O2. The Bertz CT molecular complexity index is 1340. The molecule has 0 bridgehead atoms. The Balaban J connectivity index is 1.13. The van der Waals surface area contributed by atoms with Gasteiger partial charge in [0, 0.05) is 71.5 Å². The van der Waals surface area contributed by atoms with Crippen molar-refractivity contribution in [3.8, 4) is 6.07 Å². The molecule has 2 aliphatic rings. The molecular weight excluding hydrogens is 480 g/mol. The number of H-pyrrole nitrogens is 1. The Kier molecular flexibility index (Phi) is 7.85. The van der Waals surface area contributed by atoms with Gasteiger partial charge in [-0.1, -0.05) is 42.5 Å². The summed E-state index contributed by atoms with van der Waals surface area (Å²) in [6.07, 6.45) is 0. The summed E-state index contributed by atoms with van der Waals surface area (Å²) >= 11 is 0. The number of nitriles is 1. The first-order valence-corrected chi connectivity index (χ1v) is 13.0. The van der Waals surface area contributed by atoms with Gasteiger partial charge in [-0.3, -0.25) is 14.7 Å². The van der Waals surface area contributed by atoms with Gasteiger partial charge in [-0.25, -0.2) is 9.78 Å². The van der Waals surface area contributed by atoms with Gasteiger partial charge in [0.05, 0.1) is 16.9 Å². The molecule has 2 aliphatic heterocycles. The number of aromatic amines is 1. The van der Waals surface area contributed by atoms with E-state index in [0.717, 1.165) is 43.1 Å². The maximum Gasteiger partial charge on any atom is 0.317 e. The van der Waals surface area contributed by atoms with Gasteiger partial charge < -0.3 is 20.0 Å². The van der Waals surface area contributed by atoms with Crippen LogP contribution in [0.3, 0.4) is 0 Å². The lowest BCUT2D eigenvalue weighted by Crippen LogP contribution is -2.52. The predicted octanol–water partition coefficient (Wildman–Crippen LogP) is 2.00. The number of urea groups is 1. The van der Waals surface area contributed by atoms with Crippen molar-refractivity contribution in [3.05, 3.63) is 87.8 Å². The van der Waals surface area contributed by atoms with Crippen LogP contribution in [0.15, 0.2) is 65.5 Å². The fourth-order valence-corrected chi connectivity index (χ4v) is 4.95. The number of nitrogens with one attached hydrogen (secondary N) is 2. The fraction of sp³-hybridized carbons (Fsp3) is 0.357. The van der Waals surface area contributed by atoms with Crippen LogP contribution < -0.4 is 20.7 Å². The number of hydrogen-bond donors (Lipinski definition) is 2. The van der Waals surface area contributed by atoms with Crippen LogP contribution in [0.1, 0.15) is 16.8 Å². The number of hydrogen-bond acceptors (Lipinski definition) is 7. The second kappa shape index (κ2) is 11.8. The zero-order chi connectivity index (χ0) is 26.3. The third-order valence-corrected chi connectivity index (χ3v) is 7.06. The highest BCUT2D eigenvalue weighted by molar-refractivity contribution is 5.74. The second-order valence-corrected chi connectivity index (χ2v) is 9.57. The van der Waals surface area contributed by atoms with E-state index in [1.807, 2.05) is 59.5 Å². The molecule has 10 nitrogen and oxygen atoms in total. The molecule has 0 atom stereocenters. The third kappa shape index (κ3) is 6.12. The minimum absolute atomic E-state index is 0.0831. The Morgan fingerprint density at radius 1 is 0.921 bits per heavy atom.